The Hall–Kier alpha value is -2.28. The summed E-state index contributed by atoms with van der Waals surface area (Å²) in [4.78, 5) is 20.3. The summed E-state index contributed by atoms with van der Waals surface area (Å²) in [6.45, 7) is 0.563. The van der Waals surface area contributed by atoms with E-state index in [2.05, 4.69) is 25.5 Å². The average Bonchev–Trinajstić information content (AvgIpc) is 3.13. The van der Waals surface area contributed by atoms with Gasteiger partial charge in [-0.3, -0.25) is 9.89 Å². The monoisotopic (exact) mass is 301 g/mol. The van der Waals surface area contributed by atoms with E-state index in [0.717, 1.165) is 16.3 Å². The number of thiazole rings is 1. The molecule has 0 aliphatic heterocycles. The molecule has 2 heterocycles. The minimum absolute atomic E-state index is 0.0359. The van der Waals surface area contributed by atoms with Crippen molar-refractivity contribution in [1.29, 1.82) is 0 Å². The molecule has 0 unspecified atom stereocenters. The van der Waals surface area contributed by atoms with E-state index in [-0.39, 0.29) is 5.91 Å². The van der Waals surface area contributed by atoms with Gasteiger partial charge in [0.1, 0.15) is 12.2 Å². The van der Waals surface area contributed by atoms with Crippen molar-refractivity contribution in [2.45, 2.75) is 19.3 Å². The number of fused-ring (bicyclic) bond motifs is 1. The van der Waals surface area contributed by atoms with Crippen LogP contribution in [-0.2, 0) is 17.6 Å². The maximum Gasteiger partial charge on any atom is 0.220 e. The fourth-order valence-electron chi connectivity index (χ4n) is 2.01. The molecule has 21 heavy (non-hydrogen) atoms. The van der Waals surface area contributed by atoms with Gasteiger partial charge in [-0.25, -0.2) is 9.97 Å². The lowest BCUT2D eigenvalue weighted by molar-refractivity contribution is -0.121. The molecule has 108 valence electrons. The minimum Gasteiger partial charge on any atom is -0.356 e. The molecule has 0 bridgehead atoms. The summed E-state index contributed by atoms with van der Waals surface area (Å²) in [5.74, 6) is 0.815. The van der Waals surface area contributed by atoms with Crippen LogP contribution in [0.4, 0.5) is 0 Å². The van der Waals surface area contributed by atoms with E-state index in [1.165, 1.54) is 11.0 Å². The SMILES string of the molecule is O=C(CCc1nc2ccccc2s1)NCCc1ncn[nH]1. The number of benzene rings is 1. The lowest BCUT2D eigenvalue weighted by Gasteiger charge is -2.02. The lowest BCUT2D eigenvalue weighted by atomic mass is 10.3. The molecule has 1 amide bonds. The highest BCUT2D eigenvalue weighted by Gasteiger charge is 2.07. The number of carbonyl (C=O) groups excluding carboxylic acids is 1. The third-order valence-electron chi connectivity index (χ3n) is 3.05. The topological polar surface area (TPSA) is 83.6 Å². The first-order valence-corrected chi connectivity index (χ1v) is 7.58. The molecule has 0 saturated heterocycles. The number of carbonyl (C=O) groups is 1. The summed E-state index contributed by atoms with van der Waals surface area (Å²) in [5, 5.41) is 10.4. The molecule has 0 aliphatic carbocycles. The third-order valence-corrected chi connectivity index (χ3v) is 4.15. The smallest absolute Gasteiger partial charge is 0.220 e. The van der Waals surface area contributed by atoms with E-state index in [1.807, 2.05) is 24.3 Å². The summed E-state index contributed by atoms with van der Waals surface area (Å²) < 4.78 is 1.17. The summed E-state index contributed by atoms with van der Waals surface area (Å²) in [5.41, 5.74) is 1.00. The molecule has 3 rings (SSSR count). The van der Waals surface area contributed by atoms with E-state index >= 15 is 0 Å². The summed E-state index contributed by atoms with van der Waals surface area (Å²) in [6.07, 6.45) is 3.25. The Morgan fingerprint density at radius 1 is 1.29 bits per heavy atom. The Balaban J connectivity index is 1.44. The first-order valence-electron chi connectivity index (χ1n) is 6.76. The second kappa shape index (κ2) is 6.45. The second-order valence-corrected chi connectivity index (χ2v) is 5.72. The fraction of sp³-hybridized carbons (Fsp3) is 0.286. The number of aromatic nitrogens is 4. The van der Waals surface area contributed by atoms with Gasteiger partial charge in [0.25, 0.3) is 0 Å². The number of H-pyrrole nitrogens is 1. The van der Waals surface area contributed by atoms with Crippen molar-refractivity contribution in [3.63, 3.8) is 0 Å². The molecule has 6 nitrogen and oxygen atoms in total. The van der Waals surface area contributed by atoms with E-state index in [9.17, 15) is 4.79 Å². The highest BCUT2D eigenvalue weighted by atomic mass is 32.1. The molecular formula is C14H15N5OS. The summed E-state index contributed by atoms with van der Waals surface area (Å²) >= 11 is 1.65. The number of nitrogens with one attached hydrogen (secondary N) is 2. The maximum atomic E-state index is 11.8. The number of para-hydroxylation sites is 1. The number of rotatable bonds is 6. The van der Waals surface area contributed by atoms with Crippen molar-refractivity contribution in [1.82, 2.24) is 25.5 Å². The number of hydrogen-bond donors (Lipinski definition) is 2. The predicted octanol–water partition coefficient (Wildman–Crippen LogP) is 1.71. The zero-order chi connectivity index (χ0) is 14.5. The van der Waals surface area contributed by atoms with Crippen LogP contribution in [0.5, 0.6) is 0 Å². The first-order chi connectivity index (χ1) is 10.3. The van der Waals surface area contributed by atoms with Crippen molar-refractivity contribution < 1.29 is 4.79 Å². The van der Waals surface area contributed by atoms with Crippen molar-refractivity contribution in [2.75, 3.05) is 6.54 Å². The van der Waals surface area contributed by atoms with Gasteiger partial charge in [-0.15, -0.1) is 11.3 Å². The fourth-order valence-corrected chi connectivity index (χ4v) is 2.97. The van der Waals surface area contributed by atoms with Crippen LogP contribution in [0.3, 0.4) is 0 Å². The van der Waals surface area contributed by atoms with Crippen molar-refractivity contribution in [2.24, 2.45) is 0 Å². The molecule has 0 saturated carbocycles. The number of amides is 1. The molecule has 0 aliphatic rings. The molecule has 0 fully saturated rings. The van der Waals surface area contributed by atoms with Gasteiger partial charge in [0.05, 0.1) is 15.2 Å². The van der Waals surface area contributed by atoms with Crippen LogP contribution in [0, 0.1) is 0 Å². The van der Waals surface area contributed by atoms with Crippen LogP contribution in [0.2, 0.25) is 0 Å². The predicted molar refractivity (Wildman–Crippen MR) is 81.0 cm³/mol. The van der Waals surface area contributed by atoms with Crippen molar-refractivity contribution in [3.8, 4) is 0 Å². The minimum atomic E-state index is 0.0359. The van der Waals surface area contributed by atoms with Gasteiger partial charge in [0, 0.05) is 25.8 Å². The number of aromatic amines is 1. The Morgan fingerprint density at radius 2 is 2.19 bits per heavy atom. The number of nitrogens with zero attached hydrogens (tertiary/aromatic N) is 3. The summed E-state index contributed by atoms with van der Waals surface area (Å²) in [6, 6.07) is 8.02. The second-order valence-electron chi connectivity index (χ2n) is 4.61. The van der Waals surface area contributed by atoms with Gasteiger partial charge in [0.15, 0.2) is 0 Å². The van der Waals surface area contributed by atoms with Gasteiger partial charge < -0.3 is 5.32 Å². The molecular weight excluding hydrogens is 286 g/mol. The summed E-state index contributed by atoms with van der Waals surface area (Å²) in [7, 11) is 0. The van der Waals surface area contributed by atoms with Crippen molar-refractivity contribution >= 4 is 27.5 Å². The van der Waals surface area contributed by atoms with Gasteiger partial charge in [-0.1, -0.05) is 12.1 Å². The van der Waals surface area contributed by atoms with Crippen LogP contribution in [0.25, 0.3) is 10.2 Å². The van der Waals surface area contributed by atoms with Crippen LogP contribution < -0.4 is 5.32 Å². The van der Waals surface area contributed by atoms with E-state index in [4.69, 9.17) is 0 Å². The quantitative estimate of drug-likeness (QED) is 0.726. The van der Waals surface area contributed by atoms with Crippen LogP contribution in [0.15, 0.2) is 30.6 Å². The highest BCUT2D eigenvalue weighted by molar-refractivity contribution is 7.18. The molecule has 0 radical (unpaired) electrons. The Morgan fingerprint density at radius 3 is 3.00 bits per heavy atom. The molecule has 0 spiro atoms. The molecule has 1 aromatic carbocycles. The number of hydrogen-bond acceptors (Lipinski definition) is 5. The molecule has 7 heteroatoms. The largest absolute Gasteiger partial charge is 0.356 e. The number of aryl methyl sites for hydroxylation is 1. The maximum absolute atomic E-state index is 11.8. The van der Waals surface area contributed by atoms with Crippen LogP contribution in [0.1, 0.15) is 17.3 Å². The van der Waals surface area contributed by atoms with Gasteiger partial charge in [-0.2, -0.15) is 5.10 Å². The zero-order valence-corrected chi connectivity index (χ0v) is 12.2. The Bertz CT molecular complexity index is 689. The first kappa shape index (κ1) is 13.7. The molecule has 2 N–H and O–H groups in total. The normalized spacial score (nSPS) is 10.9. The Kier molecular flexibility index (Phi) is 4.20. The van der Waals surface area contributed by atoms with Crippen LogP contribution in [-0.4, -0.2) is 32.6 Å². The van der Waals surface area contributed by atoms with E-state index in [0.29, 0.717) is 25.8 Å². The molecule has 0 atom stereocenters. The van der Waals surface area contributed by atoms with Gasteiger partial charge in [-0.05, 0) is 12.1 Å². The van der Waals surface area contributed by atoms with Gasteiger partial charge in [0.2, 0.25) is 5.91 Å². The van der Waals surface area contributed by atoms with E-state index in [1.54, 1.807) is 11.3 Å². The van der Waals surface area contributed by atoms with Gasteiger partial charge >= 0.3 is 0 Å². The van der Waals surface area contributed by atoms with Crippen molar-refractivity contribution in [3.05, 3.63) is 41.4 Å². The Labute approximate surface area is 125 Å². The molecule has 3 aromatic rings. The standard InChI is InChI=1S/C14H15N5OS/c20-13(15-8-7-12-16-9-17-19-12)5-6-14-18-10-3-1-2-4-11(10)21-14/h1-4,9H,5-8H2,(H,15,20)(H,16,17,19). The van der Waals surface area contributed by atoms with Crippen LogP contribution >= 0.6 is 11.3 Å². The van der Waals surface area contributed by atoms with E-state index < -0.39 is 0 Å². The zero-order valence-electron chi connectivity index (χ0n) is 11.4. The molecule has 2 aromatic heterocycles. The lowest BCUT2D eigenvalue weighted by Crippen LogP contribution is -2.26. The third kappa shape index (κ3) is 3.63. The highest BCUT2D eigenvalue weighted by Crippen LogP contribution is 2.22. The average molecular weight is 301 g/mol.